The van der Waals surface area contributed by atoms with Crippen molar-refractivity contribution in [3.8, 4) is 0 Å². The molecular weight excluding hydrogens is 592 g/mol. The molecule has 0 aliphatic heterocycles. The molecule has 0 heterocycles. The van der Waals surface area contributed by atoms with Gasteiger partial charge in [0, 0.05) is 10.8 Å². The number of benzene rings is 2. The van der Waals surface area contributed by atoms with Crippen LogP contribution < -0.4 is 0 Å². The maximum absolute atomic E-state index is 13.2. The predicted molar refractivity (Wildman–Crippen MR) is 191 cm³/mol. The molecule has 256 valence electrons. The van der Waals surface area contributed by atoms with Crippen LogP contribution in [0.1, 0.15) is 127 Å². The Hall–Kier alpha value is -3.14. The van der Waals surface area contributed by atoms with Gasteiger partial charge in [0.1, 0.15) is 6.10 Å². The van der Waals surface area contributed by atoms with Gasteiger partial charge in [-0.05, 0) is 121 Å². The van der Waals surface area contributed by atoms with Gasteiger partial charge < -0.3 is 9.47 Å². The van der Waals surface area contributed by atoms with E-state index in [9.17, 15) is 9.59 Å². The number of fused-ring (bicyclic) bond motifs is 6. The van der Waals surface area contributed by atoms with E-state index in [-0.39, 0.29) is 50.5 Å². The summed E-state index contributed by atoms with van der Waals surface area (Å²) in [7, 11) is 0. The van der Waals surface area contributed by atoms with E-state index in [0.717, 1.165) is 38.5 Å². The number of hydrogen-bond donors (Lipinski definition) is 0. The number of carbonyl (C=O) groups is 2. The summed E-state index contributed by atoms with van der Waals surface area (Å²) in [4.78, 5) is 26.1. The second-order valence-corrected chi connectivity index (χ2v) is 18.2. The van der Waals surface area contributed by atoms with E-state index >= 15 is 0 Å². The van der Waals surface area contributed by atoms with Crippen LogP contribution in [0.4, 0.5) is 0 Å². The Labute approximate surface area is 288 Å². The standard InChI is InChI=1S/C44H56O4/c1-39(2)34-20-23-44(7)35(42(34,5)22-21-36(39)48-38(46)31-16-12-9-13-17-31)19-18-32-33-28-40(3,24-25-41(33,4)26-27-43(32,44)6)29-47-37(45)30-14-10-8-11-15-30/h8-19,34-36H,20-29H2,1-7H3/t34?,35?,36?,40-,41?,42?,43+,44?/m0/s1. The average molecular weight is 649 g/mol. The average Bonchev–Trinajstić information content (AvgIpc) is 3.07. The second kappa shape index (κ2) is 11.5. The first kappa shape index (κ1) is 33.4. The van der Waals surface area contributed by atoms with Crippen LogP contribution >= 0.6 is 0 Å². The lowest BCUT2D eigenvalue weighted by Gasteiger charge is -2.69. The van der Waals surface area contributed by atoms with E-state index in [4.69, 9.17) is 9.47 Å². The van der Waals surface area contributed by atoms with Crippen molar-refractivity contribution >= 4 is 11.9 Å². The fourth-order valence-corrected chi connectivity index (χ4v) is 11.7. The third kappa shape index (κ3) is 5.06. The first-order valence-electron chi connectivity index (χ1n) is 18.6. The molecule has 8 atom stereocenters. The first-order valence-corrected chi connectivity index (χ1v) is 18.6. The quantitative estimate of drug-likeness (QED) is 0.303. The van der Waals surface area contributed by atoms with Crippen LogP contribution in [0.5, 0.6) is 0 Å². The van der Waals surface area contributed by atoms with Crippen molar-refractivity contribution in [2.24, 2.45) is 44.3 Å². The van der Waals surface area contributed by atoms with Crippen molar-refractivity contribution in [1.29, 1.82) is 0 Å². The summed E-state index contributed by atoms with van der Waals surface area (Å²) in [6, 6.07) is 18.9. The Balaban J connectivity index is 1.17. The highest BCUT2D eigenvalue weighted by molar-refractivity contribution is 5.89. The normalized spacial score (nSPS) is 39.7. The highest BCUT2D eigenvalue weighted by atomic mass is 16.5. The van der Waals surface area contributed by atoms with Crippen molar-refractivity contribution in [2.45, 2.75) is 112 Å². The molecule has 4 nitrogen and oxygen atoms in total. The van der Waals surface area contributed by atoms with Crippen LogP contribution in [0.2, 0.25) is 0 Å². The van der Waals surface area contributed by atoms with Crippen molar-refractivity contribution in [3.05, 3.63) is 95.1 Å². The van der Waals surface area contributed by atoms with E-state index in [1.165, 1.54) is 19.3 Å². The van der Waals surface area contributed by atoms with E-state index in [1.54, 1.807) is 11.1 Å². The van der Waals surface area contributed by atoms with Gasteiger partial charge in [0.2, 0.25) is 0 Å². The summed E-state index contributed by atoms with van der Waals surface area (Å²) in [6.07, 6.45) is 15.1. The van der Waals surface area contributed by atoms with Crippen LogP contribution in [0.25, 0.3) is 0 Å². The van der Waals surface area contributed by atoms with Crippen LogP contribution in [-0.4, -0.2) is 24.6 Å². The molecule has 0 amide bonds. The lowest BCUT2D eigenvalue weighted by Crippen LogP contribution is -2.63. The molecule has 7 rings (SSSR count). The topological polar surface area (TPSA) is 52.6 Å². The molecule has 3 fully saturated rings. The summed E-state index contributed by atoms with van der Waals surface area (Å²) in [6.45, 7) is 17.8. The fourth-order valence-electron chi connectivity index (χ4n) is 11.7. The summed E-state index contributed by atoms with van der Waals surface area (Å²) in [5, 5.41) is 0. The lowest BCUT2D eigenvalue weighted by atomic mass is 9.35. The molecule has 5 aliphatic rings. The van der Waals surface area contributed by atoms with E-state index in [2.05, 4.69) is 60.6 Å². The highest BCUT2D eigenvalue weighted by Gasteiger charge is 2.67. The Morgan fingerprint density at radius 1 is 0.729 bits per heavy atom. The van der Waals surface area contributed by atoms with Gasteiger partial charge in [-0.1, -0.05) is 103 Å². The molecule has 2 aromatic carbocycles. The van der Waals surface area contributed by atoms with Crippen molar-refractivity contribution < 1.29 is 19.1 Å². The minimum Gasteiger partial charge on any atom is -0.462 e. The predicted octanol–water partition coefficient (Wildman–Crippen LogP) is 10.8. The van der Waals surface area contributed by atoms with Crippen LogP contribution in [0.3, 0.4) is 0 Å². The number of ether oxygens (including phenoxy) is 2. The molecule has 48 heavy (non-hydrogen) atoms. The Bertz CT molecular complexity index is 1640. The van der Waals surface area contributed by atoms with Crippen molar-refractivity contribution in [3.63, 3.8) is 0 Å². The molecule has 0 spiro atoms. The van der Waals surface area contributed by atoms with Gasteiger partial charge in [0.05, 0.1) is 17.7 Å². The molecule has 4 heteroatoms. The van der Waals surface area contributed by atoms with Crippen molar-refractivity contribution in [2.75, 3.05) is 6.61 Å². The van der Waals surface area contributed by atoms with Gasteiger partial charge in [-0.15, -0.1) is 0 Å². The fraction of sp³-hybridized carbons (Fsp3) is 0.591. The van der Waals surface area contributed by atoms with Gasteiger partial charge in [0.25, 0.3) is 0 Å². The van der Waals surface area contributed by atoms with Gasteiger partial charge >= 0.3 is 11.9 Å². The van der Waals surface area contributed by atoms with Gasteiger partial charge in [0.15, 0.2) is 0 Å². The summed E-state index contributed by atoms with van der Waals surface area (Å²) in [5.74, 6) is 0.522. The largest absolute Gasteiger partial charge is 0.462 e. The van der Waals surface area contributed by atoms with E-state index in [0.29, 0.717) is 29.6 Å². The summed E-state index contributed by atoms with van der Waals surface area (Å²) < 4.78 is 12.3. The molecular formula is C44H56O4. The molecule has 2 aromatic rings. The van der Waals surface area contributed by atoms with Gasteiger partial charge in [-0.2, -0.15) is 0 Å². The molecule has 0 radical (unpaired) electrons. The SMILES string of the molecule is CC12CC[C@](C)(COC(=O)c3ccccc3)CC1=C1C=CC3C4(C)CCC(OC(=O)c5ccccc5)C(C)(C)C4CCC3(C)[C@]1(C)CC2. The summed E-state index contributed by atoms with van der Waals surface area (Å²) in [5.41, 5.74) is 4.87. The maximum Gasteiger partial charge on any atom is 0.338 e. The monoisotopic (exact) mass is 648 g/mol. The van der Waals surface area contributed by atoms with Crippen LogP contribution in [0, 0.1) is 44.3 Å². The zero-order valence-electron chi connectivity index (χ0n) is 30.4. The van der Waals surface area contributed by atoms with E-state index in [1.807, 2.05) is 60.7 Å². The maximum atomic E-state index is 13.2. The molecule has 6 unspecified atom stereocenters. The molecule has 0 bridgehead atoms. The number of carbonyl (C=O) groups excluding carboxylic acids is 2. The minimum absolute atomic E-state index is 0.0701. The number of hydrogen-bond acceptors (Lipinski definition) is 4. The number of esters is 2. The van der Waals surface area contributed by atoms with Gasteiger partial charge in [-0.25, -0.2) is 9.59 Å². The Kier molecular flexibility index (Phi) is 7.96. The van der Waals surface area contributed by atoms with E-state index < -0.39 is 0 Å². The van der Waals surface area contributed by atoms with Crippen LogP contribution in [-0.2, 0) is 9.47 Å². The zero-order chi connectivity index (χ0) is 34.2. The smallest absolute Gasteiger partial charge is 0.338 e. The molecule has 5 aliphatic carbocycles. The lowest BCUT2D eigenvalue weighted by molar-refractivity contribution is -0.183. The van der Waals surface area contributed by atoms with Gasteiger partial charge in [-0.3, -0.25) is 0 Å². The molecule has 0 N–H and O–H groups in total. The van der Waals surface area contributed by atoms with Crippen LogP contribution in [0.15, 0.2) is 84.0 Å². The first-order chi connectivity index (χ1) is 22.7. The number of rotatable bonds is 5. The zero-order valence-corrected chi connectivity index (χ0v) is 30.4. The number of allylic oxidation sites excluding steroid dienone is 4. The third-order valence-electron chi connectivity index (χ3n) is 15.1. The molecule has 3 saturated carbocycles. The Morgan fingerprint density at radius 3 is 2.02 bits per heavy atom. The second-order valence-electron chi connectivity index (χ2n) is 18.2. The third-order valence-corrected chi connectivity index (χ3v) is 15.1. The highest BCUT2D eigenvalue weighted by Crippen LogP contribution is 2.74. The minimum atomic E-state index is -0.221. The van der Waals surface area contributed by atoms with Crippen molar-refractivity contribution in [1.82, 2.24) is 0 Å². The summed E-state index contributed by atoms with van der Waals surface area (Å²) >= 11 is 0. The molecule has 0 saturated heterocycles. The molecule has 0 aromatic heterocycles. The Morgan fingerprint density at radius 2 is 1.35 bits per heavy atom.